The standard InChI is InChI=1S/C3H8O5S2/c4-1-2-10(7,8)3-9(5)6/h4H,1-3H2,(H,5,6). The molecule has 2 N–H and O–H groups in total. The Balaban J connectivity index is 4.02. The maximum atomic E-state index is 10.5. The molecular weight excluding hydrogens is 180 g/mol. The molecule has 0 saturated heterocycles. The van der Waals surface area contributed by atoms with Gasteiger partial charge in [-0.25, -0.2) is 12.6 Å². The molecule has 0 radical (unpaired) electrons. The van der Waals surface area contributed by atoms with E-state index < -0.39 is 38.4 Å². The van der Waals surface area contributed by atoms with Crippen LogP contribution in [-0.4, -0.2) is 39.7 Å². The Hall–Kier alpha value is 0.0200. The minimum Gasteiger partial charge on any atom is -0.395 e. The lowest BCUT2D eigenvalue weighted by atomic mass is 10.9. The third-order valence-electron chi connectivity index (χ3n) is 0.683. The molecule has 0 aliphatic rings. The Morgan fingerprint density at radius 3 is 2.20 bits per heavy atom. The van der Waals surface area contributed by atoms with Crippen LogP contribution < -0.4 is 0 Å². The highest BCUT2D eigenvalue weighted by atomic mass is 32.3. The molecular formula is C3H8O5S2. The van der Waals surface area contributed by atoms with E-state index in [9.17, 15) is 12.6 Å². The molecule has 10 heavy (non-hydrogen) atoms. The second-order valence-electron chi connectivity index (χ2n) is 1.61. The molecule has 0 fully saturated rings. The molecule has 62 valence electrons. The number of hydrogen-bond donors (Lipinski definition) is 2. The van der Waals surface area contributed by atoms with Gasteiger partial charge in [0.25, 0.3) is 0 Å². The minimum absolute atomic E-state index is 0.459. The largest absolute Gasteiger partial charge is 0.395 e. The molecule has 0 aliphatic carbocycles. The summed E-state index contributed by atoms with van der Waals surface area (Å²) in [4.78, 5) is 0. The maximum Gasteiger partial charge on any atom is 0.168 e. The van der Waals surface area contributed by atoms with Crippen LogP contribution in [0, 0.1) is 0 Å². The van der Waals surface area contributed by atoms with Crippen LogP contribution in [0.25, 0.3) is 0 Å². The molecule has 0 aromatic rings. The van der Waals surface area contributed by atoms with Crippen LogP contribution in [0.1, 0.15) is 0 Å². The van der Waals surface area contributed by atoms with E-state index in [-0.39, 0.29) is 0 Å². The Morgan fingerprint density at radius 1 is 1.40 bits per heavy atom. The monoisotopic (exact) mass is 188 g/mol. The molecule has 0 bridgehead atoms. The average Bonchev–Trinajstić information content (AvgIpc) is 1.59. The van der Waals surface area contributed by atoms with Crippen molar-refractivity contribution < 1.29 is 22.3 Å². The highest BCUT2D eigenvalue weighted by molar-refractivity contribution is 8.03. The third-order valence-corrected chi connectivity index (χ3v) is 3.73. The SMILES string of the molecule is O=S(O)CS(=O)(=O)CCO. The summed E-state index contributed by atoms with van der Waals surface area (Å²) in [5.74, 6) is -0.459. The van der Waals surface area contributed by atoms with Gasteiger partial charge in [0.05, 0.1) is 12.4 Å². The van der Waals surface area contributed by atoms with Crippen LogP contribution in [0.2, 0.25) is 0 Å². The van der Waals surface area contributed by atoms with Crippen molar-refractivity contribution in [3.8, 4) is 0 Å². The van der Waals surface area contributed by atoms with Crippen LogP contribution in [0.5, 0.6) is 0 Å². The van der Waals surface area contributed by atoms with Crippen molar-refractivity contribution >= 4 is 20.9 Å². The first-order valence-electron chi connectivity index (χ1n) is 2.36. The van der Waals surface area contributed by atoms with Gasteiger partial charge in [0, 0.05) is 0 Å². The van der Waals surface area contributed by atoms with E-state index in [1.807, 2.05) is 0 Å². The Bertz CT molecular complexity index is 205. The van der Waals surface area contributed by atoms with Gasteiger partial charge in [0.15, 0.2) is 26.0 Å². The Labute approximate surface area is 61.3 Å². The van der Waals surface area contributed by atoms with Crippen molar-refractivity contribution in [2.75, 3.05) is 17.4 Å². The molecule has 0 aromatic carbocycles. The van der Waals surface area contributed by atoms with E-state index in [0.29, 0.717) is 0 Å². The molecule has 5 nitrogen and oxygen atoms in total. The van der Waals surface area contributed by atoms with Crippen molar-refractivity contribution in [2.45, 2.75) is 0 Å². The molecule has 0 aromatic heterocycles. The normalized spacial score (nSPS) is 15.0. The first-order valence-corrected chi connectivity index (χ1v) is 5.46. The molecule has 1 unspecified atom stereocenters. The van der Waals surface area contributed by atoms with Crippen molar-refractivity contribution in [3.63, 3.8) is 0 Å². The van der Waals surface area contributed by atoms with Crippen LogP contribution in [-0.2, 0) is 20.9 Å². The summed E-state index contributed by atoms with van der Waals surface area (Å²) in [5.41, 5.74) is 0. The van der Waals surface area contributed by atoms with E-state index in [0.717, 1.165) is 0 Å². The van der Waals surface area contributed by atoms with Gasteiger partial charge in [-0.15, -0.1) is 0 Å². The summed E-state index contributed by atoms with van der Waals surface area (Å²) >= 11 is -2.34. The highest BCUT2D eigenvalue weighted by Crippen LogP contribution is 1.90. The molecule has 0 rings (SSSR count). The number of aliphatic hydroxyl groups excluding tert-OH is 1. The lowest BCUT2D eigenvalue weighted by Crippen LogP contribution is -2.16. The Morgan fingerprint density at radius 2 is 1.90 bits per heavy atom. The molecule has 1 atom stereocenters. The second-order valence-corrected chi connectivity index (χ2v) is 5.09. The quantitative estimate of drug-likeness (QED) is 0.528. The second kappa shape index (κ2) is 4.02. The van der Waals surface area contributed by atoms with Crippen LogP contribution in [0.4, 0.5) is 0 Å². The molecule has 0 spiro atoms. The zero-order valence-electron chi connectivity index (χ0n) is 5.06. The summed E-state index contributed by atoms with van der Waals surface area (Å²) < 4.78 is 39.1. The topological polar surface area (TPSA) is 91.7 Å². The summed E-state index contributed by atoms with van der Waals surface area (Å²) in [6.45, 7) is -0.514. The maximum absolute atomic E-state index is 10.5. The van der Waals surface area contributed by atoms with E-state index in [4.69, 9.17) is 9.66 Å². The molecule has 0 heterocycles. The van der Waals surface area contributed by atoms with Gasteiger partial charge in [0.1, 0.15) is 0 Å². The van der Waals surface area contributed by atoms with Crippen molar-refractivity contribution in [1.82, 2.24) is 0 Å². The van der Waals surface area contributed by atoms with Gasteiger partial charge in [0.2, 0.25) is 0 Å². The van der Waals surface area contributed by atoms with Gasteiger partial charge in [-0.3, -0.25) is 0 Å². The van der Waals surface area contributed by atoms with Crippen LogP contribution in [0.15, 0.2) is 0 Å². The lowest BCUT2D eigenvalue weighted by molar-refractivity contribution is 0.320. The summed E-state index contributed by atoms with van der Waals surface area (Å²) in [7, 11) is -3.53. The zero-order valence-corrected chi connectivity index (χ0v) is 6.69. The fourth-order valence-electron chi connectivity index (χ4n) is 0.352. The third kappa shape index (κ3) is 4.86. The van der Waals surface area contributed by atoms with Gasteiger partial charge in [-0.2, -0.15) is 0 Å². The predicted molar refractivity (Wildman–Crippen MR) is 36.5 cm³/mol. The molecule has 0 saturated carbocycles. The number of hydrogen-bond acceptors (Lipinski definition) is 4. The predicted octanol–water partition coefficient (Wildman–Crippen LogP) is -1.43. The van der Waals surface area contributed by atoms with E-state index >= 15 is 0 Å². The number of aliphatic hydroxyl groups is 1. The fraction of sp³-hybridized carbons (Fsp3) is 1.00. The van der Waals surface area contributed by atoms with Crippen molar-refractivity contribution in [3.05, 3.63) is 0 Å². The summed E-state index contributed by atoms with van der Waals surface area (Å²) in [5, 5.41) is 7.36. The van der Waals surface area contributed by atoms with E-state index in [2.05, 4.69) is 0 Å². The Kier molecular flexibility index (Phi) is 4.02. The minimum atomic E-state index is -3.53. The van der Waals surface area contributed by atoms with Gasteiger partial charge in [-0.1, -0.05) is 0 Å². The first-order chi connectivity index (χ1) is 4.48. The van der Waals surface area contributed by atoms with Gasteiger partial charge < -0.3 is 9.66 Å². The smallest absolute Gasteiger partial charge is 0.168 e. The first kappa shape index (κ1) is 10.0. The molecule has 0 amide bonds. The average molecular weight is 188 g/mol. The number of rotatable bonds is 4. The lowest BCUT2D eigenvalue weighted by Gasteiger charge is -1.95. The van der Waals surface area contributed by atoms with Crippen LogP contribution in [0.3, 0.4) is 0 Å². The van der Waals surface area contributed by atoms with E-state index in [1.54, 1.807) is 0 Å². The summed E-state index contributed by atoms with van der Waals surface area (Å²) in [6.07, 6.45) is 0. The zero-order chi connectivity index (χ0) is 8.20. The summed E-state index contributed by atoms with van der Waals surface area (Å²) in [6, 6.07) is 0. The van der Waals surface area contributed by atoms with Gasteiger partial charge in [-0.05, 0) is 0 Å². The van der Waals surface area contributed by atoms with Gasteiger partial charge >= 0.3 is 0 Å². The van der Waals surface area contributed by atoms with Crippen molar-refractivity contribution in [2.24, 2.45) is 0 Å². The molecule has 7 heteroatoms. The van der Waals surface area contributed by atoms with E-state index in [1.165, 1.54) is 0 Å². The van der Waals surface area contributed by atoms with Crippen LogP contribution >= 0.6 is 0 Å². The van der Waals surface area contributed by atoms with Crippen molar-refractivity contribution in [1.29, 1.82) is 0 Å². The highest BCUT2D eigenvalue weighted by Gasteiger charge is 2.12. The fourth-order valence-corrected chi connectivity index (χ4v) is 2.33. The molecule has 0 aliphatic heterocycles. The number of sulfone groups is 1.